The highest BCUT2D eigenvalue weighted by Gasteiger charge is 2.12. The quantitative estimate of drug-likeness (QED) is 0.845. The van der Waals surface area contributed by atoms with Crippen molar-refractivity contribution in [3.8, 4) is 0 Å². The summed E-state index contributed by atoms with van der Waals surface area (Å²) in [5, 5.41) is 2.98. The van der Waals surface area contributed by atoms with Gasteiger partial charge in [-0.3, -0.25) is 9.69 Å². The number of thioether (sulfide) groups is 1. The lowest BCUT2D eigenvalue weighted by Crippen LogP contribution is -2.31. The molecule has 5 heteroatoms. The van der Waals surface area contributed by atoms with E-state index in [0.717, 1.165) is 24.2 Å². The molecule has 22 heavy (non-hydrogen) atoms. The molecule has 0 aromatic heterocycles. The first kappa shape index (κ1) is 17.3. The van der Waals surface area contributed by atoms with Gasteiger partial charge in [0.25, 0.3) is 0 Å². The van der Waals surface area contributed by atoms with Gasteiger partial charge in [0.1, 0.15) is 0 Å². The van der Waals surface area contributed by atoms with Crippen LogP contribution in [0.1, 0.15) is 30.9 Å². The zero-order chi connectivity index (χ0) is 15.9. The Bertz CT molecular complexity index is 499. The molecule has 4 nitrogen and oxygen atoms in total. The summed E-state index contributed by atoms with van der Waals surface area (Å²) in [5.41, 5.74) is 9.04. The number of benzene rings is 1. The van der Waals surface area contributed by atoms with Gasteiger partial charge >= 0.3 is 0 Å². The van der Waals surface area contributed by atoms with Gasteiger partial charge in [-0.2, -0.15) is 11.8 Å². The molecular weight excluding hydrogens is 294 g/mol. The molecule has 0 spiro atoms. The van der Waals surface area contributed by atoms with Crippen LogP contribution in [0.3, 0.4) is 0 Å². The van der Waals surface area contributed by atoms with E-state index in [9.17, 15) is 4.79 Å². The molecule has 0 radical (unpaired) electrons. The van der Waals surface area contributed by atoms with Crippen molar-refractivity contribution in [2.75, 3.05) is 29.9 Å². The average Bonchev–Trinajstić information content (AvgIpc) is 2.49. The Hall–Kier alpha value is -1.04. The fraction of sp³-hybridized carbons (Fsp3) is 0.588. The van der Waals surface area contributed by atoms with E-state index in [-0.39, 0.29) is 11.9 Å². The van der Waals surface area contributed by atoms with Gasteiger partial charge in [-0.05, 0) is 37.5 Å². The number of nitrogens with one attached hydrogen (secondary N) is 1. The molecule has 1 aliphatic heterocycles. The van der Waals surface area contributed by atoms with Crippen LogP contribution in [-0.2, 0) is 11.3 Å². The first-order valence-electron chi connectivity index (χ1n) is 7.99. The van der Waals surface area contributed by atoms with Crippen LogP contribution in [0, 0.1) is 6.92 Å². The molecule has 1 heterocycles. The van der Waals surface area contributed by atoms with Crippen LogP contribution in [0.2, 0.25) is 0 Å². The Labute approximate surface area is 137 Å². The highest BCUT2D eigenvalue weighted by Crippen LogP contribution is 2.19. The van der Waals surface area contributed by atoms with Crippen LogP contribution < -0.4 is 11.1 Å². The molecule has 1 aromatic rings. The number of rotatable bonds is 6. The predicted molar refractivity (Wildman–Crippen MR) is 95.3 cm³/mol. The van der Waals surface area contributed by atoms with Crippen LogP contribution in [-0.4, -0.2) is 41.4 Å². The number of hydrogen-bond acceptors (Lipinski definition) is 4. The van der Waals surface area contributed by atoms with Crippen molar-refractivity contribution in [1.29, 1.82) is 0 Å². The number of nitrogens with zero attached hydrogens (tertiary/aromatic N) is 1. The SMILES string of the molecule is Cc1cc(CN2CCSCC2)ccc1NC(=O)CCC(C)N. The summed E-state index contributed by atoms with van der Waals surface area (Å²) < 4.78 is 0. The lowest BCUT2D eigenvalue weighted by Gasteiger charge is -2.26. The normalized spacial score (nSPS) is 17.2. The maximum absolute atomic E-state index is 11.9. The molecule has 0 bridgehead atoms. The summed E-state index contributed by atoms with van der Waals surface area (Å²) in [6.45, 7) is 7.31. The Morgan fingerprint density at radius 1 is 1.41 bits per heavy atom. The molecule has 1 aromatic carbocycles. The number of amides is 1. The molecule has 1 atom stereocenters. The summed E-state index contributed by atoms with van der Waals surface area (Å²) >= 11 is 2.03. The maximum Gasteiger partial charge on any atom is 0.224 e. The van der Waals surface area contributed by atoms with Crippen LogP contribution in [0.5, 0.6) is 0 Å². The second-order valence-corrected chi connectivity index (χ2v) is 7.33. The van der Waals surface area contributed by atoms with Gasteiger partial charge in [0, 0.05) is 49.3 Å². The molecule has 2 rings (SSSR count). The van der Waals surface area contributed by atoms with Gasteiger partial charge in [0.05, 0.1) is 0 Å². The fourth-order valence-corrected chi connectivity index (χ4v) is 3.53. The molecule has 1 aliphatic rings. The number of hydrogen-bond donors (Lipinski definition) is 2. The van der Waals surface area contributed by atoms with E-state index in [1.54, 1.807) is 0 Å². The third kappa shape index (κ3) is 5.63. The number of anilines is 1. The van der Waals surface area contributed by atoms with E-state index in [1.165, 1.54) is 30.2 Å². The van der Waals surface area contributed by atoms with E-state index < -0.39 is 0 Å². The zero-order valence-corrected chi connectivity index (χ0v) is 14.4. The standard InChI is InChI=1S/C17H27N3OS/c1-13-11-15(12-20-7-9-22-10-8-20)4-5-16(13)19-17(21)6-3-14(2)18/h4-5,11,14H,3,6-10,12,18H2,1-2H3,(H,19,21). The van der Waals surface area contributed by atoms with E-state index >= 15 is 0 Å². The van der Waals surface area contributed by atoms with E-state index in [1.807, 2.05) is 24.8 Å². The Kier molecular flexibility index (Phi) is 6.73. The summed E-state index contributed by atoms with van der Waals surface area (Å²) in [5.74, 6) is 2.50. The first-order chi connectivity index (χ1) is 10.5. The minimum Gasteiger partial charge on any atom is -0.328 e. The van der Waals surface area contributed by atoms with Crippen LogP contribution in [0.4, 0.5) is 5.69 Å². The molecule has 1 amide bonds. The van der Waals surface area contributed by atoms with Gasteiger partial charge in [0.2, 0.25) is 5.91 Å². The number of nitrogens with two attached hydrogens (primary N) is 1. The van der Waals surface area contributed by atoms with Gasteiger partial charge in [-0.25, -0.2) is 0 Å². The van der Waals surface area contributed by atoms with Crippen molar-refractivity contribution < 1.29 is 4.79 Å². The molecule has 0 saturated carbocycles. The minimum absolute atomic E-state index is 0.0428. The second kappa shape index (κ2) is 8.56. The van der Waals surface area contributed by atoms with Gasteiger partial charge in [-0.15, -0.1) is 0 Å². The zero-order valence-electron chi connectivity index (χ0n) is 13.6. The van der Waals surface area contributed by atoms with Gasteiger partial charge < -0.3 is 11.1 Å². The average molecular weight is 321 g/mol. The Morgan fingerprint density at radius 3 is 2.77 bits per heavy atom. The smallest absolute Gasteiger partial charge is 0.224 e. The number of carbonyl (C=O) groups excluding carboxylic acids is 1. The Balaban J connectivity index is 1.89. The number of carbonyl (C=O) groups is 1. The van der Waals surface area contributed by atoms with Gasteiger partial charge in [0.15, 0.2) is 0 Å². The van der Waals surface area contributed by atoms with Crippen LogP contribution in [0.15, 0.2) is 18.2 Å². The van der Waals surface area contributed by atoms with Crippen LogP contribution >= 0.6 is 11.8 Å². The molecular formula is C17H27N3OS. The van der Waals surface area contributed by atoms with Crippen LogP contribution in [0.25, 0.3) is 0 Å². The van der Waals surface area contributed by atoms with Crippen molar-refractivity contribution in [2.24, 2.45) is 5.73 Å². The van der Waals surface area contributed by atoms with Crippen molar-refractivity contribution in [1.82, 2.24) is 4.90 Å². The largest absolute Gasteiger partial charge is 0.328 e. The summed E-state index contributed by atoms with van der Waals surface area (Å²) in [6.07, 6.45) is 1.19. The lowest BCUT2D eigenvalue weighted by atomic mass is 10.1. The van der Waals surface area contributed by atoms with Crippen molar-refractivity contribution >= 4 is 23.4 Å². The monoisotopic (exact) mass is 321 g/mol. The summed E-state index contributed by atoms with van der Waals surface area (Å²) in [4.78, 5) is 14.4. The fourth-order valence-electron chi connectivity index (χ4n) is 2.55. The van der Waals surface area contributed by atoms with Crippen molar-refractivity contribution in [2.45, 2.75) is 39.3 Å². The molecule has 0 aliphatic carbocycles. The molecule has 1 saturated heterocycles. The molecule has 1 fully saturated rings. The summed E-state index contributed by atoms with van der Waals surface area (Å²) in [6, 6.07) is 6.39. The van der Waals surface area contributed by atoms with E-state index in [0.29, 0.717) is 6.42 Å². The number of aryl methyl sites for hydroxylation is 1. The topological polar surface area (TPSA) is 58.4 Å². The van der Waals surface area contributed by atoms with E-state index in [4.69, 9.17) is 5.73 Å². The lowest BCUT2D eigenvalue weighted by molar-refractivity contribution is -0.116. The third-order valence-electron chi connectivity index (χ3n) is 3.90. The second-order valence-electron chi connectivity index (χ2n) is 6.10. The van der Waals surface area contributed by atoms with Gasteiger partial charge in [-0.1, -0.05) is 12.1 Å². The Morgan fingerprint density at radius 2 is 2.14 bits per heavy atom. The molecule has 122 valence electrons. The molecule has 3 N–H and O–H groups in total. The summed E-state index contributed by atoms with van der Waals surface area (Å²) in [7, 11) is 0. The van der Waals surface area contributed by atoms with Crippen molar-refractivity contribution in [3.63, 3.8) is 0 Å². The highest BCUT2D eigenvalue weighted by molar-refractivity contribution is 7.99. The first-order valence-corrected chi connectivity index (χ1v) is 9.15. The predicted octanol–water partition coefficient (Wildman–Crippen LogP) is 2.61. The maximum atomic E-state index is 11.9. The van der Waals surface area contributed by atoms with E-state index in [2.05, 4.69) is 29.3 Å². The molecule has 1 unspecified atom stereocenters. The minimum atomic E-state index is 0.0428. The van der Waals surface area contributed by atoms with Crippen molar-refractivity contribution in [3.05, 3.63) is 29.3 Å². The highest BCUT2D eigenvalue weighted by atomic mass is 32.2. The third-order valence-corrected chi connectivity index (χ3v) is 4.84.